The van der Waals surface area contributed by atoms with Gasteiger partial charge in [0.1, 0.15) is 0 Å². The number of unbranched alkanes of at least 4 members (excludes halogenated alkanes) is 7. The molecular weight excluding hydrogens is 356 g/mol. The van der Waals surface area contributed by atoms with Gasteiger partial charge >= 0.3 is 5.97 Å². The molecule has 0 heterocycles. The monoisotopic (exact) mass is 402 g/mol. The number of carbonyl (C=O) groups is 1. The Morgan fingerprint density at radius 2 is 1.14 bits per heavy atom. The van der Waals surface area contributed by atoms with Crippen molar-refractivity contribution in [1.82, 2.24) is 0 Å². The fourth-order valence-electron chi connectivity index (χ4n) is 2.87. The highest BCUT2D eigenvalue weighted by atomic mass is 16.5. The minimum Gasteiger partial charge on any atom is -0.463 e. The van der Waals surface area contributed by atoms with E-state index < -0.39 is 0 Å². The normalized spacial score (nSPS) is 12.2. The van der Waals surface area contributed by atoms with Crippen LogP contribution in [0, 0.1) is 0 Å². The molecule has 0 amide bonds. The predicted octanol–water partition coefficient (Wildman–Crippen LogP) is 5.69. The summed E-state index contributed by atoms with van der Waals surface area (Å²) in [5.41, 5.74) is 0. The highest BCUT2D eigenvalue weighted by Gasteiger charge is 2.08. The number of rotatable bonds is 22. The summed E-state index contributed by atoms with van der Waals surface area (Å²) in [6, 6.07) is 0. The number of hydrogen-bond donors (Lipinski definition) is 0. The minimum atomic E-state index is -0.119. The average molecular weight is 403 g/mol. The van der Waals surface area contributed by atoms with Crippen LogP contribution in [0.2, 0.25) is 0 Å². The van der Waals surface area contributed by atoms with Gasteiger partial charge in [-0.2, -0.15) is 0 Å². The van der Waals surface area contributed by atoms with Crippen LogP contribution in [0.15, 0.2) is 0 Å². The van der Waals surface area contributed by atoms with Crippen molar-refractivity contribution in [2.75, 3.05) is 39.6 Å². The fraction of sp³-hybridized carbons (Fsp3) is 0.957. The molecule has 0 aliphatic carbocycles. The molecule has 0 saturated carbocycles. The molecule has 0 aromatic rings. The van der Waals surface area contributed by atoms with Crippen LogP contribution in [0.3, 0.4) is 0 Å². The second kappa shape index (κ2) is 22.6. The lowest BCUT2D eigenvalue weighted by atomic mass is 10.1. The quantitative estimate of drug-likeness (QED) is 0.172. The summed E-state index contributed by atoms with van der Waals surface area (Å²) < 4.78 is 21.9. The van der Waals surface area contributed by atoms with Crippen molar-refractivity contribution in [3.63, 3.8) is 0 Å². The van der Waals surface area contributed by atoms with Gasteiger partial charge in [-0.15, -0.1) is 0 Å². The van der Waals surface area contributed by atoms with Crippen molar-refractivity contribution in [1.29, 1.82) is 0 Å². The zero-order chi connectivity index (χ0) is 20.7. The molecule has 168 valence electrons. The van der Waals surface area contributed by atoms with Gasteiger partial charge in [-0.3, -0.25) is 4.79 Å². The molecule has 0 spiro atoms. The van der Waals surface area contributed by atoms with Crippen molar-refractivity contribution in [3.8, 4) is 0 Å². The third kappa shape index (κ3) is 21.6. The van der Waals surface area contributed by atoms with Crippen molar-refractivity contribution < 1.29 is 23.7 Å². The van der Waals surface area contributed by atoms with E-state index in [1.54, 1.807) is 0 Å². The lowest BCUT2D eigenvalue weighted by Crippen LogP contribution is -2.15. The van der Waals surface area contributed by atoms with Crippen LogP contribution in [-0.2, 0) is 23.7 Å². The molecule has 28 heavy (non-hydrogen) atoms. The van der Waals surface area contributed by atoms with Crippen LogP contribution in [0.5, 0.6) is 0 Å². The lowest BCUT2D eigenvalue weighted by molar-refractivity contribution is -0.149. The van der Waals surface area contributed by atoms with Crippen molar-refractivity contribution in [2.24, 2.45) is 0 Å². The maximum absolute atomic E-state index is 11.7. The second-order valence-corrected chi connectivity index (χ2v) is 7.50. The topological polar surface area (TPSA) is 54.0 Å². The summed E-state index contributed by atoms with van der Waals surface area (Å²) in [5, 5.41) is 0. The Labute approximate surface area is 173 Å². The Balaban J connectivity index is 3.19. The third-order valence-corrected chi connectivity index (χ3v) is 4.60. The van der Waals surface area contributed by atoms with Gasteiger partial charge < -0.3 is 18.9 Å². The number of ether oxygens (including phenoxy) is 4. The first kappa shape index (κ1) is 27.4. The highest BCUT2D eigenvalue weighted by molar-refractivity contribution is 5.69. The van der Waals surface area contributed by atoms with E-state index in [2.05, 4.69) is 13.8 Å². The SMILES string of the molecule is CCCCCCCCOCCOCCOCCCC(=O)OC(C)CCCCC. The first-order valence-corrected chi connectivity index (χ1v) is 11.6. The largest absolute Gasteiger partial charge is 0.463 e. The van der Waals surface area contributed by atoms with E-state index in [0.717, 1.165) is 25.9 Å². The molecule has 0 aliphatic heterocycles. The molecule has 0 aliphatic rings. The van der Waals surface area contributed by atoms with E-state index in [1.807, 2.05) is 6.92 Å². The molecular formula is C23H46O5. The lowest BCUT2D eigenvalue weighted by Gasteiger charge is -2.13. The van der Waals surface area contributed by atoms with Crippen LogP contribution >= 0.6 is 0 Å². The molecule has 0 aromatic heterocycles. The predicted molar refractivity (Wildman–Crippen MR) is 115 cm³/mol. The van der Waals surface area contributed by atoms with E-state index in [4.69, 9.17) is 18.9 Å². The fourth-order valence-corrected chi connectivity index (χ4v) is 2.87. The van der Waals surface area contributed by atoms with Crippen molar-refractivity contribution in [2.45, 2.75) is 104 Å². The standard InChI is InChI=1S/C23H46O5/c1-4-6-8-9-10-12-16-25-18-20-27-21-19-26-17-13-15-23(24)28-22(3)14-11-7-5-2/h22H,4-21H2,1-3H3. The van der Waals surface area contributed by atoms with Crippen LogP contribution in [0.4, 0.5) is 0 Å². The van der Waals surface area contributed by atoms with Gasteiger partial charge in [0.15, 0.2) is 0 Å². The molecule has 0 bridgehead atoms. The summed E-state index contributed by atoms with van der Waals surface area (Å²) in [6.45, 7) is 10.2. The van der Waals surface area contributed by atoms with Crippen LogP contribution in [0.25, 0.3) is 0 Å². The Kier molecular flexibility index (Phi) is 22.1. The first-order chi connectivity index (χ1) is 13.7. The summed E-state index contributed by atoms with van der Waals surface area (Å²) in [5.74, 6) is -0.119. The Hall–Kier alpha value is -0.650. The molecule has 0 aromatic carbocycles. The van der Waals surface area contributed by atoms with Crippen LogP contribution < -0.4 is 0 Å². The van der Waals surface area contributed by atoms with Gasteiger partial charge in [-0.05, 0) is 32.6 Å². The molecule has 0 rings (SSSR count). The summed E-state index contributed by atoms with van der Waals surface area (Å²) in [6.07, 6.45) is 13.3. The summed E-state index contributed by atoms with van der Waals surface area (Å²) >= 11 is 0. The Morgan fingerprint density at radius 3 is 1.79 bits per heavy atom. The molecule has 0 fully saturated rings. The van der Waals surface area contributed by atoms with Crippen molar-refractivity contribution >= 4 is 5.97 Å². The maximum Gasteiger partial charge on any atom is 0.306 e. The molecule has 1 atom stereocenters. The maximum atomic E-state index is 11.7. The zero-order valence-electron chi connectivity index (χ0n) is 18.8. The Morgan fingerprint density at radius 1 is 0.643 bits per heavy atom. The molecule has 1 unspecified atom stereocenters. The zero-order valence-corrected chi connectivity index (χ0v) is 18.8. The molecule has 5 heteroatoms. The third-order valence-electron chi connectivity index (χ3n) is 4.60. The van der Waals surface area contributed by atoms with E-state index in [-0.39, 0.29) is 12.1 Å². The molecule has 5 nitrogen and oxygen atoms in total. The molecule has 0 radical (unpaired) electrons. The smallest absolute Gasteiger partial charge is 0.306 e. The van der Waals surface area contributed by atoms with Crippen LogP contribution in [0.1, 0.15) is 97.8 Å². The molecule has 0 saturated heterocycles. The van der Waals surface area contributed by atoms with Gasteiger partial charge in [0.2, 0.25) is 0 Å². The summed E-state index contributed by atoms with van der Waals surface area (Å²) in [4.78, 5) is 11.7. The van der Waals surface area contributed by atoms with Gasteiger partial charge in [0.25, 0.3) is 0 Å². The number of esters is 1. The summed E-state index contributed by atoms with van der Waals surface area (Å²) in [7, 11) is 0. The van der Waals surface area contributed by atoms with Gasteiger partial charge in [0.05, 0.1) is 32.5 Å². The van der Waals surface area contributed by atoms with Gasteiger partial charge in [0, 0.05) is 19.6 Å². The van der Waals surface area contributed by atoms with Crippen LogP contribution in [-0.4, -0.2) is 51.7 Å². The number of hydrogen-bond acceptors (Lipinski definition) is 5. The van der Waals surface area contributed by atoms with Gasteiger partial charge in [-0.25, -0.2) is 0 Å². The number of carbonyl (C=O) groups excluding carboxylic acids is 1. The van der Waals surface area contributed by atoms with E-state index in [9.17, 15) is 4.79 Å². The van der Waals surface area contributed by atoms with Gasteiger partial charge in [-0.1, -0.05) is 58.8 Å². The van der Waals surface area contributed by atoms with E-state index in [1.165, 1.54) is 44.9 Å². The molecule has 0 N–H and O–H groups in total. The average Bonchev–Trinajstić information content (AvgIpc) is 2.67. The van der Waals surface area contributed by atoms with Crippen molar-refractivity contribution in [3.05, 3.63) is 0 Å². The van der Waals surface area contributed by atoms with E-state index >= 15 is 0 Å². The Bertz CT molecular complexity index is 322. The van der Waals surface area contributed by atoms with E-state index in [0.29, 0.717) is 45.9 Å². The first-order valence-electron chi connectivity index (χ1n) is 11.6. The minimum absolute atomic E-state index is 0.0247. The highest BCUT2D eigenvalue weighted by Crippen LogP contribution is 2.08. The second-order valence-electron chi connectivity index (χ2n) is 7.50.